The van der Waals surface area contributed by atoms with Gasteiger partial charge in [-0.1, -0.05) is 30.3 Å². The number of aliphatic imine (C=N–C) groups is 1. The van der Waals surface area contributed by atoms with Crippen molar-refractivity contribution >= 4 is 29.0 Å². The van der Waals surface area contributed by atoms with E-state index in [-0.39, 0.29) is 11.4 Å². The molecule has 0 spiro atoms. The van der Waals surface area contributed by atoms with Gasteiger partial charge < -0.3 is 10.4 Å². The maximum absolute atomic E-state index is 11.0. The van der Waals surface area contributed by atoms with Gasteiger partial charge in [0, 0.05) is 29.6 Å². The number of aromatic hydroxyl groups is 1. The fourth-order valence-electron chi connectivity index (χ4n) is 2.26. The average Bonchev–Trinajstić information content (AvgIpc) is 2.62. The second-order valence-electron chi connectivity index (χ2n) is 5.27. The van der Waals surface area contributed by atoms with E-state index in [2.05, 4.69) is 10.3 Å². The average molecular weight is 333 g/mol. The largest absolute Gasteiger partial charge is 0.507 e. The fraction of sp³-hybridized carbons (Fsp3) is 0. The lowest BCUT2D eigenvalue weighted by Gasteiger charge is -2.09. The van der Waals surface area contributed by atoms with Gasteiger partial charge in [-0.3, -0.25) is 15.1 Å². The lowest BCUT2D eigenvalue weighted by atomic mass is 10.2. The molecule has 0 aliphatic heterocycles. The molecule has 3 aromatic carbocycles. The van der Waals surface area contributed by atoms with Crippen LogP contribution in [0.2, 0.25) is 0 Å². The van der Waals surface area contributed by atoms with Gasteiger partial charge in [0.05, 0.1) is 16.3 Å². The molecule has 0 radical (unpaired) electrons. The monoisotopic (exact) mass is 333 g/mol. The molecule has 0 aliphatic carbocycles. The second kappa shape index (κ2) is 7.27. The molecular formula is C19H15N3O3. The Balaban J connectivity index is 1.98. The van der Waals surface area contributed by atoms with Crippen molar-refractivity contribution < 1.29 is 10.0 Å². The first kappa shape index (κ1) is 16.2. The first-order valence-electron chi connectivity index (χ1n) is 7.56. The van der Waals surface area contributed by atoms with Crippen molar-refractivity contribution in [3.05, 3.63) is 88.5 Å². The predicted octanol–water partition coefficient (Wildman–Crippen LogP) is 4.79. The van der Waals surface area contributed by atoms with Crippen LogP contribution in [0.25, 0.3) is 0 Å². The molecule has 2 N–H and O–H groups in total. The summed E-state index contributed by atoms with van der Waals surface area (Å²) in [6.07, 6.45) is 1.48. The molecule has 25 heavy (non-hydrogen) atoms. The van der Waals surface area contributed by atoms with E-state index in [1.807, 2.05) is 30.3 Å². The van der Waals surface area contributed by atoms with Crippen LogP contribution in [0.1, 0.15) is 5.56 Å². The first-order valence-corrected chi connectivity index (χ1v) is 7.56. The van der Waals surface area contributed by atoms with Gasteiger partial charge >= 0.3 is 0 Å². The molecule has 0 fully saturated rings. The van der Waals surface area contributed by atoms with E-state index in [0.717, 1.165) is 5.69 Å². The zero-order chi connectivity index (χ0) is 17.6. The number of nitro groups is 1. The summed E-state index contributed by atoms with van der Waals surface area (Å²) < 4.78 is 0. The van der Waals surface area contributed by atoms with Crippen LogP contribution in [0.3, 0.4) is 0 Å². The molecule has 124 valence electrons. The molecule has 0 saturated heterocycles. The number of rotatable bonds is 5. The molecule has 6 nitrogen and oxygen atoms in total. The number of nitrogens with zero attached hydrogens (tertiary/aromatic N) is 2. The number of phenols is 1. The maximum atomic E-state index is 11.0. The quantitative estimate of drug-likeness (QED) is 0.399. The molecule has 6 heteroatoms. The lowest BCUT2D eigenvalue weighted by molar-refractivity contribution is -0.384. The zero-order valence-electron chi connectivity index (χ0n) is 13.2. The standard InChI is InChI=1S/C19H15N3O3/c23-19-9-5-4-6-14(19)13-20-18-12-16(22(24)25)10-11-17(18)21-15-7-2-1-3-8-15/h1-13,21,23H. The highest BCUT2D eigenvalue weighted by molar-refractivity contribution is 5.87. The second-order valence-corrected chi connectivity index (χ2v) is 5.27. The number of hydrogen-bond acceptors (Lipinski definition) is 5. The van der Waals surface area contributed by atoms with E-state index in [4.69, 9.17) is 0 Å². The smallest absolute Gasteiger partial charge is 0.271 e. The lowest BCUT2D eigenvalue weighted by Crippen LogP contribution is -1.93. The Morgan fingerprint density at radius 3 is 2.44 bits per heavy atom. The molecule has 0 atom stereocenters. The van der Waals surface area contributed by atoms with Crippen LogP contribution >= 0.6 is 0 Å². The van der Waals surface area contributed by atoms with Crippen molar-refractivity contribution in [1.82, 2.24) is 0 Å². The van der Waals surface area contributed by atoms with Crippen molar-refractivity contribution in [1.29, 1.82) is 0 Å². The Kier molecular flexibility index (Phi) is 4.71. The van der Waals surface area contributed by atoms with E-state index >= 15 is 0 Å². The summed E-state index contributed by atoms with van der Waals surface area (Å²) in [6.45, 7) is 0. The molecule has 3 aromatic rings. The van der Waals surface area contributed by atoms with Gasteiger partial charge in [0.2, 0.25) is 0 Å². The normalized spacial score (nSPS) is 10.7. The van der Waals surface area contributed by atoms with Gasteiger partial charge in [0.15, 0.2) is 0 Å². The number of nitrogens with one attached hydrogen (secondary N) is 1. The van der Waals surface area contributed by atoms with Gasteiger partial charge in [-0.05, 0) is 30.3 Å². The van der Waals surface area contributed by atoms with Crippen LogP contribution in [-0.4, -0.2) is 16.2 Å². The summed E-state index contributed by atoms with van der Waals surface area (Å²) in [7, 11) is 0. The third-order valence-electron chi connectivity index (χ3n) is 3.52. The van der Waals surface area contributed by atoms with Gasteiger partial charge in [-0.2, -0.15) is 0 Å². The predicted molar refractivity (Wildman–Crippen MR) is 98.2 cm³/mol. The Morgan fingerprint density at radius 2 is 1.72 bits per heavy atom. The summed E-state index contributed by atoms with van der Waals surface area (Å²) in [5.74, 6) is 0.0919. The van der Waals surface area contributed by atoms with E-state index in [9.17, 15) is 15.2 Å². The van der Waals surface area contributed by atoms with Crippen molar-refractivity contribution in [3.63, 3.8) is 0 Å². The minimum absolute atomic E-state index is 0.0527. The van der Waals surface area contributed by atoms with E-state index in [1.54, 1.807) is 30.3 Å². The summed E-state index contributed by atoms with van der Waals surface area (Å²) in [4.78, 5) is 14.9. The van der Waals surface area contributed by atoms with Gasteiger partial charge in [0.25, 0.3) is 5.69 Å². The third kappa shape index (κ3) is 4.00. The molecule has 0 heterocycles. The van der Waals surface area contributed by atoms with Crippen molar-refractivity contribution in [3.8, 4) is 5.75 Å². The minimum Gasteiger partial charge on any atom is -0.507 e. The Morgan fingerprint density at radius 1 is 1.00 bits per heavy atom. The third-order valence-corrected chi connectivity index (χ3v) is 3.52. The fourth-order valence-corrected chi connectivity index (χ4v) is 2.26. The topological polar surface area (TPSA) is 87.8 Å². The highest BCUT2D eigenvalue weighted by atomic mass is 16.6. The van der Waals surface area contributed by atoms with Crippen LogP contribution in [0.4, 0.5) is 22.7 Å². The van der Waals surface area contributed by atoms with Crippen LogP contribution in [-0.2, 0) is 0 Å². The molecule has 0 amide bonds. The number of non-ortho nitro benzene ring substituents is 1. The van der Waals surface area contributed by atoms with Crippen molar-refractivity contribution in [2.45, 2.75) is 0 Å². The summed E-state index contributed by atoms with van der Waals surface area (Å²) in [5.41, 5.74) is 2.35. The number of hydrogen-bond donors (Lipinski definition) is 2. The highest BCUT2D eigenvalue weighted by Crippen LogP contribution is 2.32. The van der Waals surface area contributed by atoms with Gasteiger partial charge in [0.1, 0.15) is 5.75 Å². The number of nitro benzene ring substituents is 1. The Labute approximate surface area is 144 Å². The Hall–Kier alpha value is -3.67. The van der Waals surface area contributed by atoms with Crippen molar-refractivity contribution in [2.75, 3.05) is 5.32 Å². The van der Waals surface area contributed by atoms with Crippen LogP contribution in [0, 0.1) is 10.1 Å². The van der Waals surface area contributed by atoms with E-state index in [1.165, 1.54) is 18.3 Å². The van der Waals surface area contributed by atoms with E-state index in [0.29, 0.717) is 16.9 Å². The SMILES string of the molecule is O=[N+]([O-])c1ccc(Nc2ccccc2)c(N=Cc2ccccc2O)c1. The summed E-state index contributed by atoms with van der Waals surface area (Å²) in [6, 6.07) is 20.6. The van der Waals surface area contributed by atoms with Crippen molar-refractivity contribution in [2.24, 2.45) is 4.99 Å². The minimum atomic E-state index is -0.467. The molecule has 0 unspecified atom stereocenters. The van der Waals surface area contributed by atoms with Crippen LogP contribution in [0.15, 0.2) is 77.8 Å². The number of anilines is 2. The summed E-state index contributed by atoms with van der Waals surface area (Å²) >= 11 is 0. The Bertz CT molecular complexity index is 924. The highest BCUT2D eigenvalue weighted by Gasteiger charge is 2.10. The summed E-state index contributed by atoms with van der Waals surface area (Å²) in [5, 5.41) is 24.1. The van der Waals surface area contributed by atoms with E-state index < -0.39 is 4.92 Å². The number of phenolic OH excluding ortho intramolecular Hbond substituents is 1. The zero-order valence-corrected chi connectivity index (χ0v) is 13.2. The molecule has 0 bridgehead atoms. The van der Waals surface area contributed by atoms with Crippen LogP contribution < -0.4 is 5.32 Å². The maximum Gasteiger partial charge on any atom is 0.271 e. The molecule has 3 rings (SSSR count). The first-order chi connectivity index (χ1) is 12.1. The molecule has 0 aromatic heterocycles. The molecular weight excluding hydrogens is 318 g/mol. The number of para-hydroxylation sites is 2. The van der Waals surface area contributed by atoms with Gasteiger partial charge in [-0.15, -0.1) is 0 Å². The molecule has 0 saturated carbocycles. The van der Waals surface area contributed by atoms with Crippen LogP contribution in [0.5, 0.6) is 5.75 Å². The number of benzene rings is 3. The molecule has 0 aliphatic rings. The van der Waals surface area contributed by atoms with Gasteiger partial charge in [-0.25, -0.2) is 0 Å².